The first-order valence-corrected chi connectivity index (χ1v) is 14.7. The standard InChI is InChI=1S/C33H41N5O3/c1-25-7-9-28(10-8-25)35-33(40)36-29-11-12-31(30(24-29)32(39)34-15-18-37-19-21-41-22-20-37)38-16-13-27(14-17-38)23-26-5-3-2-4-6-26/h2-12,24,27H,13-23H2,1H3,(H,34,39)(H2,35,36,40). The van der Waals surface area contributed by atoms with Crippen LogP contribution in [0.4, 0.5) is 21.9 Å². The Hall–Kier alpha value is -3.88. The number of urea groups is 1. The lowest BCUT2D eigenvalue weighted by Crippen LogP contribution is -2.41. The van der Waals surface area contributed by atoms with Gasteiger partial charge in [0.25, 0.3) is 5.91 Å². The van der Waals surface area contributed by atoms with Crippen molar-refractivity contribution in [3.63, 3.8) is 0 Å². The third-order valence-corrected chi connectivity index (χ3v) is 7.95. The van der Waals surface area contributed by atoms with Gasteiger partial charge >= 0.3 is 6.03 Å². The van der Waals surface area contributed by atoms with Crippen molar-refractivity contribution in [3.05, 3.63) is 89.5 Å². The van der Waals surface area contributed by atoms with Gasteiger partial charge in [0, 0.05) is 56.3 Å². The van der Waals surface area contributed by atoms with E-state index in [4.69, 9.17) is 4.74 Å². The summed E-state index contributed by atoms with van der Waals surface area (Å²) in [5.41, 5.74) is 5.29. The van der Waals surface area contributed by atoms with Crippen molar-refractivity contribution in [2.45, 2.75) is 26.2 Å². The normalized spacial score (nSPS) is 16.3. The van der Waals surface area contributed by atoms with Gasteiger partial charge in [0.1, 0.15) is 0 Å². The van der Waals surface area contributed by atoms with E-state index in [-0.39, 0.29) is 11.9 Å². The first kappa shape index (κ1) is 28.6. The number of aryl methyl sites for hydroxylation is 1. The minimum absolute atomic E-state index is 0.123. The quantitative estimate of drug-likeness (QED) is 0.340. The molecule has 3 amide bonds. The van der Waals surface area contributed by atoms with Crippen molar-refractivity contribution in [1.82, 2.24) is 10.2 Å². The van der Waals surface area contributed by atoms with Gasteiger partial charge in [-0.1, -0.05) is 48.0 Å². The van der Waals surface area contributed by atoms with E-state index in [2.05, 4.69) is 56.1 Å². The number of amides is 3. The van der Waals surface area contributed by atoms with E-state index in [1.807, 2.05) is 43.3 Å². The molecule has 5 rings (SSSR count). The summed E-state index contributed by atoms with van der Waals surface area (Å²) in [4.78, 5) is 30.8. The van der Waals surface area contributed by atoms with Crippen molar-refractivity contribution >= 4 is 29.0 Å². The highest BCUT2D eigenvalue weighted by molar-refractivity contribution is 6.04. The first-order chi connectivity index (χ1) is 20.0. The van der Waals surface area contributed by atoms with Gasteiger partial charge in [-0.15, -0.1) is 0 Å². The van der Waals surface area contributed by atoms with Gasteiger partial charge in [0.2, 0.25) is 0 Å². The molecular weight excluding hydrogens is 514 g/mol. The lowest BCUT2D eigenvalue weighted by atomic mass is 9.89. The van der Waals surface area contributed by atoms with Crippen LogP contribution in [0.1, 0.15) is 34.3 Å². The number of carbonyl (C=O) groups excluding carboxylic acids is 2. The molecule has 2 fully saturated rings. The number of morpholine rings is 1. The molecule has 8 nitrogen and oxygen atoms in total. The molecule has 2 saturated heterocycles. The number of nitrogens with zero attached hydrogens (tertiary/aromatic N) is 2. The number of piperidine rings is 1. The molecule has 41 heavy (non-hydrogen) atoms. The molecule has 2 aliphatic heterocycles. The van der Waals surface area contributed by atoms with Crippen molar-refractivity contribution in [3.8, 4) is 0 Å². The molecule has 3 aromatic rings. The molecule has 2 aliphatic rings. The van der Waals surface area contributed by atoms with Crippen LogP contribution in [0.25, 0.3) is 0 Å². The minimum atomic E-state index is -0.345. The second-order valence-corrected chi connectivity index (χ2v) is 11.0. The minimum Gasteiger partial charge on any atom is -0.379 e. The Morgan fingerprint density at radius 3 is 2.27 bits per heavy atom. The second-order valence-electron chi connectivity index (χ2n) is 11.0. The number of carbonyl (C=O) groups is 2. The fourth-order valence-corrected chi connectivity index (χ4v) is 5.57. The van der Waals surface area contributed by atoms with Gasteiger partial charge in [-0.2, -0.15) is 0 Å². The number of ether oxygens (including phenoxy) is 1. The van der Waals surface area contributed by atoms with Gasteiger partial charge in [-0.05, 0) is 68.0 Å². The monoisotopic (exact) mass is 555 g/mol. The highest BCUT2D eigenvalue weighted by Gasteiger charge is 2.24. The molecule has 0 saturated carbocycles. The van der Waals surface area contributed by atoms with Crippen LogP contribution >= 0.6 is 0 Å². The number of hydrogen-bond donors (Lipinski definition) is 3. The fraction of sp³-hybridized carbons (Fsp3) is 0.394. The second kappa shape index (κ2) is 14.1. The highest BCUT2D eigenvalue weighted by Crippen LogP contribution is 2.30. The maximum absolute atomic E-state index is 13.5. The molecule has 8 heteroatoms. The summed E-state index contributed by atoms with van der Waals surface area (Å²) in [5.74, 6) is 0.508. The smallest absolute Gasteiger partial charge is 0.323 e. The van der Waals surface area contributed by atoms with Crippen LogP contribution in [0.5, 0.6) is 0 Å². The fourth-order valence-electron chi connectivity index (χ4n) is 5.57. The Morgan fingerprint density at radius 2 is 1.54 bits per heavy atom. The summed E-state index contributed by atoms with van der Waals surface area (Å²) in [5, 5.41) is 8.88. The van der Waals surface area contributed by atoms with Crippen LogP contribution in [0, 0.1) is 12.8 Å². The van der Waals surface area contributed by atoms with Crippen LogP contribution in [-0.2, 0) is 11.2 Å². The predicted molar refractivity (Wildman–Crippen MR) is 165 cm³/mol. The zero-order chi connectivity index (χ0) is 28.4. The maximum atomic E-state index is 13.5. The van der Waals surface area contributed by atoms with Gasteiger partial charge in [-0.3, -0.25) is 9.69 Å². The van der Waals surface area contributed by atoms with Gasteiger partial charge in [0.05, 0.1) is 18.8 Å². The molecule has 2 heterocycles. The van der Waals surface area contributed by atoms with E-state index in [1.165, 1.54) is 5.56 Å². The molecule has 0 aliphatic carbocycles. The third kappa shape index (κ3) is 8.31. The Balaban J connectivity index is 1.25. The van der Waals surface area contributed by atoms with Gasteiger partial charge in [-0.25, -0.2) is 4.79 Å². The SMILES string of the molecule is Cc1ccc(NC(=O)Nc2ccc(N3CCC(Cc4ccccc4)CC3)c(C(=O)NCCN3CCOCC3)c2)cc1. The van der Waals surface area contributed by atoms with Crippen molar-refractivity contribution in [2.75, 3.05) is 68.0 Å². The zero-order valence-electron chi connectivity index (χ0n) is 23.9. The van der Waals surface area contributed by atoms with Gasteiger partial charge < -0.3 is 25.6 Å². The molecule has 3 aromatic carbocycles. The van der Waals surface area contributed by atoms with Crippen LogP contribution < -0.4 is 20.9 Å². The van der Waals surface area contributed by atoms with E-state index in [0.29, 0.717) is 29.4 Å². The third-order valence-electron chi connectivity index (χ3n) is 7.95. The number of rotatable bonds is 9. The Bertz CT molecular complexity index is 1280. The Kier molecular flexibility index (Phi) is 9.88. The van der Waals surface area contributed by atoms with E-state index < -0.39 is 0 Å². The molecule has 3 N–H and O–H groups in total. The van der Waals surface area contributed by atoms with Crippen LogP contribution in [-0.4, -0.2) is 69.3 Å². The zero-order valence-corrected chi connectivity index (χ0v) is 23.9. The number of anilines is 3. The number of benzene rings is 3. The predicted octanol–water partition coefficient (Wildman–Crippen LogP) is 5.16. The van der Waals surface area contributed by atoms with E-state index in [0.717, 1.165) is 76.5 Å². The molecule has 216 valence electrons. The van der Waals surface area contributed by atoms with Gasteiger partial charge in [0.15, 0.2) is 0 Å². The topological polar surface area (TPSA) is 85.9 Å². The molecule has 0 bridgehead atoms. The number of hydrogen-bond acceptors (Lipinski definition) is 5. The lowest BCUT2D eigenvalue weighted by molar-refractivity contribution is 0.0383. The van der Waals surface area contributed by atoms with Crippen LogP contribution in [0.2, 0.25) is 0 Å². The Morgan fingerprint density at radius 1 is 0.854 bits per heavy atom. The summed E-state index contributed by atoms with van der Waals surface area (Å²) >= 11 is 0. The summed E-state index contributed by atoms with van der Waals surface area (Å²) in [7, 11) is 0. The first-order valence-electron chi connectivity index (χ1n) is 14.7. The van der Waals surface area contributed by atoms with Crippen molar-refractivity contribution < 1.29 is 14.3 Å². The molecule has 0 spiro atoms. The maximum Gasteiger partial charge on any atom is 0.323 e. The van der Waals surface area contributed by atoms with E-state index in [1.54, 1.807) is 6.07 Å². The van der Waals surface area contributed by atoms with Crippen molar-refractivity contribution in [2.24, 2.45) is 5.92 Å². The van der Waals surface area contributed by atoms with E-state index in [9.17, 15) is 9.59 Å². The Labute approximate surface area is 243 Å². The molecule has 0 unspecified atom stereocenters. The van der Waals surface area contributed by atoms with E-state index >= 15 is 0 Å². The summed E-state index contributed by atoms with van der Waals surface area (Å²) in [6.07, 6.45) is 3.24. The average molecular weight is 556 g/mol. The van der Waals surface area contributed by atoms with Crippen molar-refractivity contribution in [1.29, 1.82) is 0 Å². The largest absolute Gasteiger partial charge is 0.379 e. The molecule has 0 aromatic heterocycles. The summed E-state index contributed by atoms with van der Waals surface area (Å²) < 4.78 is 5.43. The highest BCUT2D eigenvalue weighted by atomic mass is 16.5. The average Bonchev–Trinajstić information content (AvgIpc) is 3.00. The number of nitrogens with one attached hydrogen (secondary N) is 3. The molecule has 0 radical (unpaired) electrons. The summed E-state index contributed by atoms with van der Waals surface area (Å²) in [6, 6.07) is 23.6. The lowest BCUT2D eigenvalue weighted by Gasteiger charge is -2.35. The summed E-state index contributed by atoms with van der Waals surface area (Å²) in [6.45, 7) is 8.37. The van der Waals surface area contributed by atoms with Crippen LogP contribution in [0.15, 0.2) is 72.8 Å². The van der Waals surface area contributed by atoms with Crippen LogP contribution in [0.3, 0.4) is 0 Å². The molecular formula is C33H41N5O3. The molecule has 0 atom stereocenters.